The lowest BCUT2D eigenvalue weighted by molar-refractivity contribution is -0.148. The Morgan fingerprint density at radius 1 is 1.19 bits per heavy atom. The minimum Gasteiger partial charge on any atom is -0.493 e. The van der Waals surface area contributed by atoms with Crippen LogP contribution in [0, 0.1) is 6.92 Å². The van der Waals surface area contributed by atoms with Crippen molar-refractivity contribution in [1.29, 1.82) is 0 Å². The van der Waals surface area contributed by atoms with Crippen LogP contribution in [0.25, 0.3) is 6.08 Å². The molecule has 0 radical (unpaired) electrons. The Balaban J connectivity index is 1.83. The number of hydrogen-bond acceptors (Lipinski definition) is 7. The first kappa shape index (κ1) is 23.9. The first-order valence-corrected chi connectivity index (χ1v) is 11.3. The third-order valence-electron chi connectivity index (χ3n) is 4.81. The van der Waals surface area contributed by atoms with Crippen molar-refractivity contribution in [1.82, 2.24) is 4.90 Å². The van der Waals surface area contributed by atoms with Crippen LogP contribution in [0.5, 0.6) is 11.5 Å². The second kappa shape index (κ2) is 10.2. The molecule has 1 aliphatic rings. The van der Waals surface area contributed by atoms with E-state index in [-0.39, 0.29) is 4.91 Å². The van der Waals surface area contributed by atoms with Gasteiger partial charge < -0.3 is 14.2 Å². The largest absolute Gasteiger partial charge is 0.493 e. The number of amides is 2. The molecule has 1 heterocycles. The summed E-state index contributed by atoms with van der Waals surface area (Å²) in [6.45, 7) is 3.83. The van der Waals surface area contributed by atoms with E-state index in [2.05, 4.69) is 20.7 Å². The van der Waals surface area contributed by atoms with Gasteiger partial charge in [0.1, 0.15) is 12.6 Å². The summed E-state index contributed by atoms with van der Waals surface area (Å²) < 4.78 is 16.7. The Morgan fingerprint density at radius 3 is 2.50 bits per heavy atom. The highest BCUT2D eigenvalue weighted by molar-refractivity contribution is 9.10. The van der Waals surface area contributed by atoms with Gasteiger partial charge in [-0.15, -0.1) is 0 Å². The highest BCUT2D eigenvalue weighted by Gasteiger charge is 2.41. The van der Waals surface area contributed by atoms with Crippen LogP contribution in [0.4, 0.5) is 4.79 Å². The first-order chi connectivity index (χ1) is 15.2. The number of benzene rings is 2. The van der Waals surface area contributed by atoms with E-state index in [1.54, 1.807) is 18.2 Å². The zero-order valence-electron chi connectivity index (χ0n) is 18.0. The van der Waals surface area contributed by atoms with Crippen molar-refractivity contribution in [3.8, 4) is 11.5 Å². The van der Waals surface area contributed by atoms with Crippen LogP contribution in [0.1, 0.15) is 23.6 Å². The number of ether oxygens (including phenoxy) is 3. The number of hydrogen-bond donors (Lipinski definition) is 0. The fourth-order valence-electron chi connectivity index (χ4n) is 3.04. The molecule has 0 aliphatic carbocycles. The van der Waals surface area contributed by atoms with E-state index in [0.717, 1.165) is 22.2 Å². The number of halogens is 1. The Kier molecular flexibility index (Phi) is 7.63. The number of methoxy groups -OCH3 is 2. The molecule has 7 nitrogen and oxygen atoms in total. The average Bonchev–Trinajstić information content (AvgIpc) is 3.05. The fourth-order valence-corrected chi connectivity index (χ4v) is 4.53. The Morgan fingerprint density at radius 2 is 1.88 bits per heavy atom. The predicted octanol–water partition coefficient (Wildman–Crippen LogP) is 4.94. The van der Waals surface area contributed by atoms with Gasteiger partial charge in [-0.05, 0) is 70.9 Å². The average molecular weight is 520 g/mol. The van der Waals surface area contributed by atoms with Crippen LogP contribution in [-0.2, 0) is 20.9 Å². The summed E-state index contributed by atoms with van der Waals surface area (Å²) in [4.78, 5) is 37.9. The lowest BCUT2D eigenvalue weighted by Crippen LogP contribution is -2.42. The number of esters is 1. The van der Waals surface area contributed by atoms with E-state index in [1.807, 2.05) is 31.2 Å². The molecule has 2 aromatic rings. The topological polar surface area (TPSA) is 82.1 Å². The summed E-state index contributed by atoms with van der Waals surface area (Å²) in [5, 5.41) is -0.525. The lowest BCUT2D eigenvalue weighted by atomic mass is 10.1. The molecular weight excluding hydrogens is 498 g/mol. The summed E-state index contributed by atoms with van der Waals surface area (Å²) in [6, 6.07) is 10.5. The Bertz CT molecular complexity index is 1080. The fraction of sp³-hybridized carbons (Fsp3) is 0.261. The number of carbonyl (C=O) groups is 3. The van der Waals surface area contributed by atoms with Crippen LogP contribution >= 0.6 is 27.7 Å². The van der Waals surface area contributed by atoms with Crippen molar-refractivity contribution in [2.75, 3.05) is 14.2 Å². The van der Waals surface area contributed by atoms with E-state index in [0.29, 0.717) is 28.1 Å². The van der Waals surface area contributed by atoms with E-state index in [4.69, 9.17) is 9.47 Å². The SMILES string of the molecule is COC(=O)[C@H](C)N1C(=O)S/C(=C/c2cc(Br)c(OCc3ccc(C)cc3)c(OC)c2)C1=O. The van der Waals surface area contributed by atoms with Crippen molar-refractivity contribution in [3.05, 3.63) is 62.5 Å². The van der Waals surface area contributed by atoms with Crippen LogP contribution < -0.4 is 9.47 Å². The van der Waals surface area contributed by atoms with Gasteiger partial charge in [0, 0.05) is 0 Å². The minimum absolute atomic E-state index is 0.202. The van der Waals surface area contributed by atoms with Gasteiger partial charge in [-0.3, -0.25) is 14.5 Å². The van der Waals surface area contributed by atoms with Crippen molar-refractivity contribution in [2.45, 2.75) is 26.5 Å². The Hall–Kier alpha value is -2.78. The molecule has 32 heavy (non-hydrogen) atoms. The van der Waals surface area contributed by atoms with Crippen molar-refractivity contribution < 1.29 is 28.6 Å². The van der Waals surface area contributed by atoms with E-state index < -0.39 is 23.2 Å². The van der Waals surface area contributed by atoms with Crippen LogP contribution in [0.2, 0.25) is 0 Å². The van der Waals surface area contributed by atoms with Crippen molar-refractivity contribution in [3.63, 3.8) is 0 Å². The van der Waals surface area contributed by atoms with E-state index in [9.17, 15) is 14.4 Å². The summed E-state index contributed by atoms with van der Waals surface area (Å²) >= 11 is 4.27. The number of imide groups is 1. The van der Waals surface area contributed by atoms with Gasteiger partial charge >= 0.3 is 5.97 Å². The standard InChI is InChI=1S/C23H22BrNO6S/c1-13-5-7-15(8-6-13)12-31-20-17(24)9-16(10-18(20)29-3)11-19-21(26)25(23(28)32-19)14(2)22(27)30-4/h5-11,14H,12H2,1-4H3/b19-11+/t14-/m0/s1. The van der Waals surface area contributed by atoms with Gasteiger partial charge in [-0.25, -0.2) is 4.79 Å². The molecule has 1 aliphatic heterocycles. The zero-order chi connectivity index (χ0) is 23.4. The van der Waals surface area contributed by atoms with Gasteiger partial charge in [-0.1, -0.05) is 29.8 Å². The molecule has 168 valence electrons. The molecular formula is C23H22BrNO6S. The lowest BCUT2D eigenvalue weighted by Gasteiger charge is -2.18. The number of thioether (sulfide) groups is 1. The van der Waals surface area contributed by atoms with E-state index >= 15 is 0 Å². The zero-order valence-corrected chi connectivity index (χ0v) is 20.4. The number of rotatable bonds is 7. The second-order valence-corrected chi connectivity index (χ2v) is 8.91. The normalized spacial score (nSPS) is 15.8. The molecule has 0 N–H and O–H groups in total. The summed E-state index contributed by atoms with van der Waals surface area (Å²) in [6.07, 6.45) is 1.58. The van der Waals surface area contributed by atoms with Crippen molar-refractivity contribution >= 4 is 50.9 Å². The quantitative estimate of drug-likeness (QED) is 0.378. The summed E-state index contributed by atoms with van der Waals surface area (Å²) in [7, 11) is 2.73. The third-order valence-corrected chi connectivity index (χ3v) is 6.28. The maximum atomic E-state index is 12.7. The molecule has 0 unspecified atom stereocenters. The van der Waals surface area contributed by atoms with Crippen molar-refractivity contribution in [2.24, 2.45) is 0 Å². The second-order valence-electron chi connectivity index (χ2n) is 7.06. The summed E-state index contributed by atoms with van der Waals surface area (Å²) in [5.41, 5.74) is 2.82. The number of nitrogens with zero attached hydrogens (tertiary/aromatic N) is 1. The van der Waals surface area contributed by atoms with Gasteiger partial charge in [0.05, 0.1) is 23.6 Å². The monoisotopic (exact) mass is 519 g/mol. The molecule has 1 saturated heterocycles. The highest BCUT2D eigenvalue weighted by Crippen LogP contribution is 2.39. The minimum atomic E-state index is -1.00. The van der Waals surface area contributed by atoms with Gasteiger partial charge in [0.2, 0.25) is 0 Å². The molecule has 0 bridgehead atoms. The van der Waals surface area contributed by atoms with Gasteiger partial charge in [0.15, 0.2) is 11.5 Å². The predicted molar refractivity (Wildman–Crippen MR) is 125 cm³/mol. The molecule has 1 atom stereocenters. The third kappa shape index (κ3) is 5.16. The highest BCUT2D eigenvalue weighted by atomic mass is 79.9. The van der Waals surface area contributed by atoms with Crippen LogP contribution in [0.3, 0.4) is 0 Å². The molecule has 2 amide bonds. The maximum absolute atomic E-state index is 12.7. The molecule has 0 spiro atoms. The first-order valence-electron chi connectivity index (χ1n) is 9.66. The van der Waals surface area contributed by atoms with Gasteiger partial charge in [-0.2, -0.15) is 0 Å². The summed E-state index contributed by atoms with van der Waals surface area (Å²) in [5.74, 6) is -0.210. The smallest absolute Gasteiger partial charge is 0.328 e. The van der Waals surface area contributed by atoms with Gasteiger partial charge in [0.25, 0.3) is 11.1 Å². The number of carbonyl (C=O) groups excluding carboxylic acids is 3. The molecule has 9 heteroatoms. The van der Waals surface area contributed by atoms with E-state index in [1.165, 1.54) is 26.7 Å². The van der Waals surface area contributed by atoms with Crippen LogP contribution in [0.15, 0.2) is 45.8 Å². The number of aryl methyl sites for hydroxylation is 1. The molecule has 1 fully saturated rings. The molecule has 2 aromatic carbocycles. The van der Waals surface area contributed by atoms with Crippen LogP contribution in [-0.4, -0.2) is 42.3 Å². The Labute approximate surface area is 198 Å². The molecule has 3 rings (SSSR count). The molecule has 0 aromatic heterocycles. The maximum Gasteiger partial charge on any atom is 0.328 e. The molecule has 0 saturated carbocycles.